The molecule has 1 heterocycles. The maximum atomic E-state index is 9.56. The van der Waals surface area contributed by atoms with Crippen molar-refractivity contribution in [1.29, 1.82) is 0 Å². The van der Waals surface area contributed by atoms with Crippen LogP contribution in [0.4, 0.5) is 5.69 Å². The second-order valence-corrected chi connectivity index (χ2v) is 3.39. The lowest BCUT2D eigenvalue weighted by Crippen LogP contribution is -2.04. The van der Waals surface area contributed by atoms with Crippen LogP contribution in [0, 0.1) is 0 Å². The smallest absolute Gasteiger partial charge is 0.0915 e. The van der Waals surface area contributed by atoms with Crippen LogP contribution >= 0.6 is 11.8 Å². The number of thioether (sulfide) groups is 1. The van der Waals surface area contributed by atoms with Gasteiger partial charge in [-0.05, 0) is 12.3 Å². The van der Waals surface area contributed by atoms with Gasteiger partial charge in [-0.3, -0.25) is 4.98 Å². The van der Waals surface area contributed by atoms with Crippen LogP contribution in [-0.2, 0) is 0 Å². The molecule has 0 saturated heterocycles. The minimum absolute atomic E-state index is 0.506. The Morgan fingerprint density at radius 1 is 1.75 bits per heavy atom. The Hall–Kier alpha value is -0.740. The Bertz CT molecular complexity index is 255. The molecule has 0 aliphatic heterocycles. The Labute approximate surface area is 76.0 Å². The van der Waals surface area contributed by atoms with E-state index in [2.05, 4.69) is 4.98 Å². The number of nitrogen functional groups attached to an aromatic ring is 1. The van der Waals surface area contributed by atoms with Crippen molar-refractivity contribution in [2.24, 2.45) is 0 Å². The summed E-state index contributed by atoms with van der Waals surface area (Å²) >= 11 is 1.58. The van der Waals surface area contributed by atoms with Gasteiger partial charge in [0.2, 0.25) is 0 Å². The molecule has 3 N–H and O–H groups in total. The molecule has 0 aliphatic carbocycles. The molecule has 0 spiro atoms. The van der Waals surface area contributed by atoms with Crippen LogP contribution in [0.15, 0.2) is 18.5 Å². The maximum absolute atomic E-state index is 9.56. The van der Waals surface area contributed by atoms with Crippen LogP contribution in [0.5, 0.6) is 0 Å². The predicted octanol–water partition coefficient (Wildman–Crippen LogP) is 1.06. The highest BCUT2D eigenvalue weighted by Gasteiger charge is 2.09. The molecular weight excluding hydrogens is 172 g/mol. The van der Waals surface area contributed by atoms with Gasteiger partial charge >= 0.3 is 0 Å². The third-order valence-corrected chi connectivity index (χ3v) is 2.22. The Balaban J connectivity index is 2.79. The average molecular weight is 184 g/mol. The molecule has 3 nitrogen and oxygen atoms in total. The SMILES string of the molecule is CSCC(O)c1cnccc1N. The molecule has 1 aromatic heterocycles. The highest BCUT2D eigenvalue weighted by molar-refractivity contribution is 7.98. The maximum Gasteiger partial charge on any atom is 0.0915 e. The van der Waals surface area contributed by atoms with Crippen LogP contribution in [-0.4, -0.2) is 22.1 Å². The Kier molecular flexibility index (Phi) is 3.37. The molecule has 0 saturated carbocycles. The van der Waals surface area contributed by atoms with Crippen molar-refractivity contribution >= 4 is 17.4 Å². The third-order valence-electron chi connectivity index (χ3n) is 1.57. The molecule has 0 aliphatic rings. The van der Waals surface area contributed by atoms with Crippen LogP contribution in [0.1, 0.15) is 11.7 Å². The molecule has 1 rings (SSSR count). The van der Waals surface area contributed by atoms with E-state index < -0.39 is 6.10 Å². The highest BCUT2D eigenvalue weighted by atomic mass is 32.2. The average Bonchev–Trinajstić information content (AvgIpc) is 2.05. The van der Waals surface area contributed by atoms with E-state index in [1.165, 1.54) is 0 Å². The van der Waals surface area contributed by atoms with Crippen molar-refractivity contribution in [3.63, 3.8) is 0 Å². The molecule has 4 heteroatoms. The van der Waals surface area contributed by atoms with E-state index >= 15 is 0 Å². The minimum atomic E-state index is -0.506. The zero-order chi connectivity index (χ0) is 8.97. The van der Waals surface area contributed by atoms with Gasteiger partial charge in [0, 0.05) is 29.4 Å². The van der Waals surface area contributed by atoms with E-state index in [-0.39, 0.29) is 0 Å². The first-order chi connectivity index (χ1) is 5.75. The van der Waals surface area contributed by atoms with Gasteiger partial charge in [-0.25, -0.2) is 0 Å². The summed E-state index contributed by atoms with van der Waals surface area (Å²) in [6, 6.07) is 1.69. The lowest BCUT2D eigenvalue weighted by atomic mass is 10.1. The Morgan fingerprint density at radius 2 is 2.50 bits per heavy atom. The minimum Gasteiger partial charge on any atom is -0.398 e. The summed E-state index contributed by atoms with van der Waals surface area (Å²) < 4.78 is 0. The van der Waals surface area contributed by atoms with Crippen molar-refractivity contribution in [3.05, 3.63) is 24.0 Å². The first-order valence-electron chi connectivity index (χ1n) is 3.62. The number of aliphatic hydroxyl groups is 1. The zero-order valence-corrected chi connectivity index (χ0v) is 7.71. The van der Waals surface area contributed by atoms with Gasteiger partial charge in [-0.15, -0.1) is 0 Å². The number of pyridine rings is 1. The van der Waals surface area contributed by atoms with Gasteiger partial charge in [-0.2, -0.15) is 11.8 Å². The number of nitrogens with two attached hydrogens (primary N) is 1. The molecule has 1 unspecified atom stereocenters. The number of aliphatic hydroxyl groups excluding tert-OH is 1. The van der Waals surface area contributed by atoms with E-state index in [1.807, 2.05) is 6.26 Å². The van der Waals surface area contributed by atoms with Crippen molar-refractivity contribution in [2.45, 2.75) is 6.10 Å². The van der Waals surface area contributed by atoms with Crippen LogP contribution in [0.2, 0.25) is 0 Å². The summed E-state index contributed by atoms with van der Waals surface area (Å²) in [5, 5.41) is 9.56. The van der Waals surface area contributed by atoms with Crippen molar-refractivity contribution in [3.8, 4) is 0 Å². The van der Waals surface area contributed by atoms with Crippen LogP contribution in [0.25, 0.3) is 0 Å². The highest BCUT2D eigenvalue weighted by Crippen LogP contribution is 2.21. The molecule has 0 amide bonds. The second kappa shape index (κ2) is 4.33. The topological polar surface area (TPSA) is 59.1 Å². The van der Waals surface area contributed by atoms with Crippen LogP contribution < -0.4 is 5.73 Å². The van der Waals surface area contributed by atoms with Gasteiger partial charge in [0.15, 0.2) is 0 Å². The van der Waals surface area contributed by atoms with Crippen molar-refractivity contribution in [1.82, 2.24) is 4.98 Å². The fraction of sp³-hybridized carbons (Fsp3) is 0.375. The van der Waals surface area contributed by atoms with E-state index in [0.717, 1.165) is 0 Å². The summed E-state index contributed by atoms with van der Waals surface area (Å²) in [6.07, 6.45) is 4.66. The molecule has 0 aromatic carbocycles. The lowest BCUT2D eigenvalue weighted by molar-refractivity contribution is 0.204. The van der Waals surface area contributed by atoms with Gasteiger partial charge in [0.1, 0.15) is 0 Å². The third kappa shape index (κ3) is 2.12. The van der Waals surface area contributed by atoms with E-state index in [4.69, 9.17) is 5.73 Å². The van der Waals surface area contributed by atoms with Gasteiger partial charge < -0.3 is 10.8 Å². The first kappa shape index (κ1) is 9.35. The number of rotatable bonds is 3. The predicted molar refractivity (Wildman–Crippen MR) is 52.0 cm³/mol. The largest absolute Gasteiger partial charge is 0.398 e. The van der Waals surface area contributed by atoms with Crippen molar-refractivity contribution in [2.75, 3.05) is 17.7 Å². The first-order valence-corrected chi connectivity index (χ1v) is 5.01. The normalized spacial score (nSPS) is 12.8. The van der Waals surface area contributed by atoms with E-state index in [0.29, 0.717) is 17.0 Å². The fourth-order valence-corrected chi connectivity index (χ4v) is 1.44. The molecule has 12 heavy (non-hydrogen) atoms. The summed E-state index contributed by atoms with van der Waals surface area (Å²) in [7, 11) is 0. The van der Waals surface area contributed by atoms with Gasteiger partial charge in [-0.1, -0.05) is 0 Å². The van der Waals surface area contributed by atoms with Crippen molar-refractivity contribution < 1.29 is 5.11 Å². The molecule has 1 atom stereocenters. The number of hydrogen-bond acceptors (Lipinski definition) is 4. The number of anilines is 1. The summed E-state index contributed by atoms with van der Waals surface area (Å²) in [6.45, 7) is 0. The summed E-state index contributed by atoms with van der Waals surface area (Å²) in [4.78, 5) is 3.90. The van der Waals surface area contributed by atoms with Gasteiger partial charge in [0.25, 0.3) is 0 Å². The number of nitrogens with zero attached hydrogens (tertiary/aromatic N) is 1. The molecule has 0 bridgehead atoms. The van der Waals surface area contributed by atoms with Gasteiger partial charge in [0.05, 0.1) is 6.10 Å². The fourth-order valence-electron chi connectivity index (χ4n) is 0.944. The second-order valence-electron chi connectivity index (χ2n) is 2.48. The molecular formula is C8H12N2OS. The number of aromatic nitrogens is 1. The molecule has 0 fully saturated rings. The van der Waals surface area contributed by atoms with Crippen LogP contribution in [0.3, 0.4) is 0 Å². The number of hydrogen-bond donors (Lipinski definition) is 2. The summed E-state index contributed by atoms with van der Waals surface area (Å²) in [5.74, 6) is 0.649. The lowest BCUT2D eigenvalue weighted by Gasteiger charge is -2.10. The summed E-state index contributed by atoms with van der Waals surface area (Å²) in [5.41, 5.74) is 6.96. The quantitative estimate of drug-likeness (QED) is 0.737. The standard InChI is InChI=1S/C8H12N2OS/c1-12-5-8(11)6-4-10-3-2-7(6)9/h2-4,8,11H,5H2,1H3,(H2,9,10). The monoisotopic (exact) mass is 184 g/mol. The van der Waals surface area contributed by atoms with E-state index in [9.17, 15) is 5.11 Å². The zero-order valence-electron chi connectivity index (χ0n) is 6.90. The molecule has 66 valence electrons. The van der Waals surface area contributed by atoms with E-state index in [1.54, 1.807) is 30.2 Å². The molecule has 0 radical (unpaired) electrons. The molecule has 1 aromatic rings. The Morgan fingerprint density at radius 3 is 3.08 bits per heavy atom.